The largest absolute Gasteiger partial charge is 0.303 e. The number of para-hydroxylation sites is 1. The maximum absolute atomic E-state index is 14.6. The van der Waals surface area contributed by atoms with Crippen molar-refractivity contribution in [2.75, 3.05) is 15.6 Å². The molecule has 3 aliphatic heterocycles. The molecule has 6 rings (SSSR count). The Bertz CT molecular complexity index is 1380. The highest BCUT2D eigenvalue weighted by Gasteiger charge is 2.65. The molecule has 3 heterocycles. The van der Waals surface area contributed by atoms with E-state index in [1.54, 1.807) is 4.90 Å². The molecule has 0 saturated carbocycles. The van der Waals surface area contributed by atoms with Crippen molar-refractivity contribution in [3.8, 4) is 0 Å². The smallest absolute Gasteiger partial charge is 0.269 e. The van der Waals surface area contributed by atoms with Crippen LogP contribution in [0.3, 0.4) is 0 Å². The van der Waals surface area contributed by atoms with Crippen LogP contribution in [0.1, 0.15) is 55.0 Å². The molecule has 3 aliphatic rings. The zero-order valence-corrected chi connectivity index (χ0v) is 21.7. The molecule has 0 N–H and O–H groups in total. The first-order valence-electron chi connectivity index (χ1n) is 12.2. The Morgan fingerprint density at radius 3 is 2.14 bits per heavy atom. The summed E-state index contributed by atoms with van der Waals surface area (Å²) in [6.07, 6.45) is 0.796. The summed E-state index contributed by atoms with van der Waals surface area (Å²) >= 11 is 1.46. The van der Waals surface area contributed by atoms with E-state index in [-0.39, 0.29) is 23.0 Å². The maximum atomic E-state index is 14.6. The molecule has 2 amide bonds. The van der Waals surface area contributed by atoms with Crippen molar-refractivity contribution < 1.29 is 9.59 Å². The molecule has 1 saturated heterocycles. The van der Waals surface area contributed by atoms with E-state index in [9.17, 15) is 9.59 Å². The van der Waals surface area contributed by atoms with E-state index in [0.717, 1.165) is 40.0 Å². The van der Waals surface area contributed by atoms with E-state index in [1.807, 2.05) is 36.9 Å². The summed E-state index contributed by atoms with van der Waals surface area (Å²) in [5.41, 5.74) is 6.61. The number of benzene rings is 3. The van der Waals surface area contributed by atoms with Gasteiger partial charge < -0.3 is 4.90 Å². The van der Waals surface area contributed by atoms with Gasteiger partial charge in [0.25, 0.3) is 5.91 Å². The van der Waals surface area contributed by atoms with E-state index >= 15 is 0 Å². The number of fused-ring (bicyclic) bond motifs is 1. The van der Waals surface area contributed by atoms with Gasteiger partial charge in [-0.3, -0.25) is 14.5 Å². The normalized spacial score (nSPS) is 26.5. The number of aryl methyl sites for hydroxylation is 2. The Hall–Kier alpha value is -3.05. The summed E-state index contributed by atoms with van der Waals surface area (Å²) in [7, 11) is 0. The first-order valence-corrected chi connectivity index (χ1v) is 13.2. The standard InChI is InChI=1S/C30H30N2O2S/c1-19-14-20(2)16-22(15-19)31-25(33)17-35-30(31)24-13-9-12-23-26(24)32(27(30)34)28(3,4)18-29(23,5)21-10-7-6-8-11-21/h6-16H,17-18H2,1-5H3/t29-,30-/m0/s1. The predicted molar refractivity (Wildman–Crippen MR) is 143 cm³/mol. The van der Waals surface area contributed by atoms with Crippen molar-refractivity contribution >= 4 is 35.0 Å². The third-order valence-corrected chi connectivity index (χ3v) is 9.33. The van der Waals surface area contributed by atoms with Crippen LogP contribution in [0.25, 0.3) is 0 Å². The first kappa shape index (κ1) is 22.4. The van der Waals surface area contributed by atoms with Gasteiger partial charge in [0.15, 0.2) is 0 Å². The molecular formula is C30H30N2O2S. The van der Waals surface area contributed by atoms with Crippen LogP contribution in [0.5, 0.6) is 0 Å². The van der Waals surface area contributed by atoms with Gasteiger partial charge in [0.05, 0.1) is 11.4 Å². The van der Waals surface area contributed by atoms with Gasteiger partial charge in [0.2, 0.25) is 10.8 Å². The molecule has 1 fully saturated rings. The zero-order valence-electron chi connectivity index (χ0n) is 20.9. The molecular weight excluding hydrogens is 452 g/mol. The molecule has 0 radical (unpaired) electrons. The van der Waals surface area contributed by atoms with Crippen LogP contribution in [0.15, 0.2) is 66.7 Å². The fourth-order valence-electron chi connectivity index (χ4n) is 6.78. The molecule has 0 unspecified atom stereocenters. The number of nitrogens with zero attached hydrogens (tertiary/aromatic N) is 2. The molecule has 1 spiro atoms. The number of carbonyl (C=O) groups excluding carboxylic acids is 2. The van der Waals surface area contributed by atoms with E-state index in [1.165, 1.54) is 17.3 Å². The quantitative estimate of drug-likeness (QED) is 0.445. The van der Waals surface area contributed by atoms with Gasteiger partial charge in [-0.2, -0.15) is 0 Å². The number of hydrogen-bond donors (Lipinski definition) is 0. The Labute approximate surface area is 211 Å². The van der Waals surface area contributed by atoms with Gasteiger partial charge in [0.1, 0.15) is 0 Å². The highest BCUT2D eigenvalue weighted by Crippen LogP contribution is 2.62. The minimum absolute atomic E-state index is 0.00456. The van der Waals surface area contributed by atoms with Gasteiger partial charge in [-0.05, 0) is 68.5 Å². The van der Waals surface area contributed by atoms with Crippen molar-refractivity contribution in [2.45, 2.75) is 56.9 Å². The molecule has 178 valence electrons. The first-order chi connectivity index (χ1) is 16.6. The second-order valence-corrected chi connectivity index (χ2v) is 12.2. The van der Waals surface area contributed by atoms with E-state index in [0.29, 0.717) is 0 Å². The number of thioether (sulfide) groups is 1. The minimum Gasteiger partial charge on any atom is -0.303 e. The van der Waals surface area contributed by atoms with Gasteiger partial charge in [0, 0.05) is 22.2 Å². The highest BCUT2D eigenvalue weighted by molar-refractivity contribution is 8.02. The molecule has 35 heavy (non-hydrogen) atoms. The van der Waals surface area contributed by atoms with Gasteiger partial charge >= 0.3 is 0 Å². The van der Waals surface area contributed by atoms with Crippen molar-refractivity contribution in [1.82, 2.24) is 0 Å². The predicted octanol–water partition coefficient (Wildman–Crippen LogP) is 6.07. The van der Waals surface area contributed by atoms with Crippen LogP contribution >= 0.6 is 11.8 Å². The van der Waals surface area contributed by atoms with Crippen LogP contribution < -0.4 is 9.80 Å². The number of anilines is 2. The molecule has 0 bridgehead atoms. The van der Waals surface area contributed by atoms with Crippen LogP contribution in [-0.4, -0.2) is 23.1 Å². The average molecular weight is 483 g/mol. The number of amides is 2. The van der Waals surface area contributed by atoms with Crippen molar-refractivity contribution in [3.05, 3.63) is 94.5 Å². The maximum Gasteiger partial charge on any atom is 0.269 e. The third-order valence-electron chi connectivity index (χ3n) is 7.95. The summed E-state index contributed by atoms with van der Waals surface area (Å²) in [5.74, 6) is 0.261. The van der Waals surface area contributed by atoms with Crippen molar-refractivity contribution in [2.24, 2.45) is 0 Å². The van der Waals surface area contributed by atoms with Gasteiger partial charge in [-0.1, -0.05) is 61.5 Å². The lowest BCUT2D eigenvalue weighted by molar-refractivity contribution is -0.124. The second-order valence-electron chi connectivity index (χ2n) is 11.0. The van der Waals surface area contributed by atoms with E-state index in [4.69, 9.17) is 0 Å². The van der Waals surface area contributed by atoms with E-state index in [2.05, 4.69) is 69.3 Å². The minimum atomic E-state index is -1.08. The lowest BCUT2D eigenvalue weighted by atomic mass is 9.65. The molecule has 0 aromatic heterocycles. The fraction of sp³-hybridized carbons (Fsp3) is 0.333. The Balaban J connectivity index is 1.64. The summed E-state index contributed by atoms with van der Waals surface area (Å²) < 4.78 is 0. The van der Waals surface area contributed by atoms with Gasteiger partial charge in [-0.15, -0.1) is 11.8 Å². The summed E-state index contributed by atoms with van der Waals surface area (Å²) in [4.78, 5) is 30.7. The topological polar surface area (TPSA) is 40.6 Å². The second kappa shape index (κ2) is 7.23. The van der Waals surface area contributed by atoms with Crippen LogP contribution in [0, 0.1) is 13.8 Å². The average Bonchev–Trinajstić information content (AvgIpc) is 3.28. The Morgan fingerprint density at radius 1 is 0.800 bits per heavy atom. The van der Waals surface area contributed by atoms with E-state index < -0.39 is 10.4 Å². The van der Waals surface area contributed by atoms with Crippen molar-refractivity contribution in [1.29, 1.82) is 0 Å². The molecule has 4 nitrogen and oxygen atoms in total. The summed E-state index contributed by atoms with van der Waals surface area (Å²) in [6.45, 7) is 10.7. The lowest BCUT2D eigenvalue weighted by Crippen LogP contribution is -2.58. The summed E-state index contributed by atoms with van der Waals surface area (Å²) in [6, 6.07) is 23.0. The number of carbonyl (C=O) groups is 2. The molecule has 3 aromatic carbocycles. The number of rotatable bonds is 2. The summed E-state index contributed by atoms with van der Waals surface area (Å²) in [5, 5.41) is 0. The Kier molecular flexibility index (Phi) is 4.63. The van der Waals surface area contributed by atoms with Gasteiger partial charge in [-0.25, -0.2) is 0 Å². The Morgan fingerprint density at radius 2 is 1.46 bits per heavy atom. The number of hydrogen-bond acceptors (Lipinski definition) is 3. The van der Waals surface area contributed by atoms with Crippen LogP contribution in [0.4, 0.5) is 11.4 Å². The lowest BCUT2D eigenvalue weighted by Gasteiger charge is -2.50. The third kappa shape index (κ3) is 2.88. The molecule has 0 aliphatic carbocycles. The van der Waals surface area contributed by atoms with Crippen molar-refractivity contribution in [3.63, 3.8) is 0 Å². The van der Waals surface area contributed by atoms with Crippen LogP contribution in [0.2, 0.25) is 0 Å². The SMILES string of the molecule is Cc1cc(C)cc(N2C(=O)CS[C@@]23C(=O)N2c4c(cccc43)[C@](C)(c3ccccc3)CC2(C)C)c1. The molecule has 3 aromatic rings. The fourth-order valence-corrected chi connectivity index (χ4v) is 8.12. The zero-order chi connectivity index (χ0) is 24.8. The molecule has 5 heteroatoms. The van der Waals surface area contributed by atoms with Crippen LogP contribution in [-0.2, 0) is 19.9 Å². The highest BCUT2D eigenvalue weighted by atomic mass is 32.2. The molecule has 2 atom stereocenters. The monoisotopic (exact) mass is 482 g/mol.